The van der Waals surface area contributed by atoms with Gasteiger partial charge in [-0.25, -0.2) is 4.98 Å². The number of thiazole rings is 1. The molecule has 2 aromatic heterocycles. The smallest absolute Gasteiger partial charge is 0.289 e. The van der Waals surface area contributed by atoms with Crippen molar-refractivity contribution in [3.63, 3.8) is 0 Å². The van der Waals surface area contributed by atoms with Crippen molar-refractivity contribution >= 4 is 28.3 Å². The number of anilines is 1. The molecule has 116 valence electrons. The number of piperidine rings is 1. The van der Waals surface area contributed by atoms with Gasteiger partial charge in [0.15, 0.2) is 10.9 Å². The summed E-state index contributed by atoms with van der Waals surface area (Å²) in [5.74, 6) is -0.132. The maximum Gasteiger partial charge on any atom is 0.289 e. The fraction of sp³-hybridized carbons (Fsp3) is 0.400. The summed E-state index contributed by atoms with van der Waals surface area (Å²) < 4.78 is 5.14. The average Bonchev–Trinajstić information content (AvgIpc) is 3.18. The number of furan rings is 1. The van der Waals surface area contributed by atoms with Gasteiger partial charge in [-0.05, 0) is 31.9 Å². The SMILES string of the molecule is Cc1cnc(NC(=O)C2CCCN(C(=O)c3ccco3)C2)s1. The number of aryl methyl sites for hydroxylation is 1. The number of carbonyl (C=O) groups excluding carboxylic acids is 2. The normalized spacial score (nSPS) is 18.2. The molecule has 1 unspecified atom stereocenters. The van der Waals surface area contributed by atoms with E-state index in [1.807, 2.05) is 6.92 Å². The van der Waals surface area contributed by atoms with Crippen LogP contribution >= 0.6 is 11.3 Å². The van der Waals surface area contributed by atoms with Gasteiger partial charge in [-0.15, -0.1) is 11.3 Å². The zero-order valence-corrected chi connectivity index (χ0v) is 13.1. The maximum atomic E-state index is 12.3. The minimum atomic E-state index is -0.211. The predicted octanol–water partition coefficient (Wildman–Crippen LogP) is 2.54. The van der Waals surface area contributed by atoms with E-state index in [-0.39, 0.29) is 17.7 Å². The van der Waals surface area contributed by atoms with Gasteiger partial charge in [0, 0.05) is 24.2 Å². The molecule has 1 N–H and O–H groups in total. The lowest BCUT2D eigenvalue weighted by atomic mass is 9.97. The third-order valence-electron chi connectivity index (χ3n) is 3.66. The highest BCUT2D eigenvalue weighted by atomic mass is 32.1. The van der Waals surface area contributed by atoms with Gasteiger partial charge in [-0.1, -0.05) is 0 Å². The summed E-state index contributed by atoms with van der Waals surface area (Å²) in [5, 5.41) is 3.44. The van der Waals surface area contributed by atoms with Crippen molar-refractivity contribution < 1.29 is 14.0 Å². The number of hydrogen-bond donors (Lipinski definition) is 1. The Kier molecular flexibility index (Phi) is 4.24. The Labute approximate surface area is 132 Å². The van der Waals surface area contributed by atoms with Crippen molar-refractivity contribution in [1.82, 2.24) is 9.88 Å². The van der Waals surface area contributed by atoms with E-state index in [2.05, 4.69) is 10.3 Å². The van der Waals surface area contributed by atoms with E-state index in [1.54, 1.807) is 23.2 Å². The Morgan fingerprint density at radius 3 is 3.05 bits per heavy atom. The Morgan fingerprint density at radius 1 is 1.50 bits per heavy atom. The molecule has 6 nitrogen and oxygen atoms in total. The predicted molar refractivity (Wildman–Crippen MR) is 82.8 cm³/mol. The molecule has 0 spiro atoms. The van der Waals surface area contributed by atoms with E-state index in [4.69, 9.17) is 4.42 Å². The minimum absolute atomic E-state index is 0.0775. The van der Waals surface area contributed by atoms with Crippen LogP contribution in [0, 0.1) is 12.8 Å². The highest BCUT2D eigenvalue weighted by Crippen LogP contribution is 2.22. The molecule has 7 heteroatoms. The van der Waals surface area contributed by atoms with Gasteiger partial charge in [-0.2, -0.15) is 0 Å². The molecule has 1 atom stereocenters. The lowest BCUT2D eigenvalue weighted by Gasteiger charge is -2.31. The van der Waals surface area contributed by atoms with Crippen LogP contribution in [0.15, 0.2) is 29.0 Å². The zero-order chi connectivity index (χ0) is 15.5. The van der Waals surface area contributed by atoms with Crippen LogP contribution < -0.4 is 5.32 Å². The number of aromatic nitrogens is 1. The molecule has 2 aromatic rings. The van der Waals surface area contributed by atoms with Gasteiger partial charge >= 0.3 is 0 Å². The second-order valence-corrected chi connectivity index (χ2v) is 6.57. The van der Waals surface area contributed by atoms with Crippen molar-refractivity contribution in [1.29, 1.82) is 0 Å². The molecular weight excluding hydrogens is 302 g/mol. The lowest BCUT2D eigenvalue weighted by Crippen LogP contribution is -2.43. The van der Waals surface area contributed by atoms with Crippen LogP contribution in [-0.2, 0) is 4.79 Å². The third-order valence-corrected chi connectivity index (χ3v) is 4.49. The minimum Gasteiger partial charge on any atom is -0.459 e. The zero-order valence-electron chi connectivity index (χ0n) is 12.2. The van der Waals surface area contributed by atoms with Gasteiger partial charge in [0.05, 0.1) is 12.2 Å². The van der Waals surface area contributed by atoms with Crippen LogP contribution in [0.2, 0.25) is 0 Å². The van der Waals surface area contributed by atoms with Gasteiger partial charge in [0.2, 0.25) is 5.91 Å². The first-order valence-corrected chi connectivity index (χ1v) is 8.01. The lowest BCUT2D eigenvalue weighted by molar-refractivity contribution is -0.121. The highest BCUT2D eigenvalue weighted by molar-refractivity contribution is 7.15. The molecule has 0 radical (unpaired) electrons. The van der Waals surface area contributed by atoms with Crippen molar-refractivity contribution in [2.75, 3.05) is 18.4 Å². The summed E-state index contributed by atoms with van der Waals surface area (Å²) in [4.78, 5) is 31.5. The monoisotopic (exact) mass is 319 g/mol. The van der Waals surface area contributed by atoms with E-state index in [0.29, 0.717) is 24.0 Å². The Balaban J connectivity index is 1.62. The van der Waals surface area contributed by atoms with Crippen LogP contribution in [0.1, 0.15) is 28.3 Å². The summed E-state index contributed by atoms with van der Waals surface area (Å²) in [7, 11) is 0. The van der Waals surface area contributed by atoms with E-state index >= 15 is 0 Å². The molecule has 2 amide bonds. The Bertz CT molecular complexity index is 665. The number of nitrogens with one attached hydrogen (secondary N) is 1. The van der Waals surface area contributed by atoms with Crippen molar-refractivity contribution in [2.45, 2.75) is 19.8 Å². The number of nitrogens with zero attached hydrogens (tertiary/aromatic N) is 2. The number of rotatable bonds is 3. The second-order valence-electron chi connectivity index (χ2n) is 5.33. The van der Waals surface area contributed by atoms with Crippen LogP contribution in [0.25, 0.3) is 0 Å². The molecule has 1 saturated heterocycles. The number of likely N-dealkylation sites (tertiary alicyclic amines) is 1. The fourth-order valence-electron chi connectivity index (χ4n) is 2.55. The average molecular weight is 319 g/mol. The largest absolute Gasteiger partial charge is 0.459 e. The van der Waals surface area contributed by atoms with Gasteiger partial charge in [-0.3, -0.25) is 9.59 Å². The molecule has 0 aliphatic carbocycles. The first-order valence-electron chi connectivity index (χ1n) is 7.19. The summed E-state index contributed by atoms with van der Waals surface area (Å²) in [6.07, 6.45) is 4.79. The van der Waals surface area contributed by atoms with Crippen LogP contribution in [0.5, 0.6) is 0 Å². The number of amides is 2. The molecule has 0 aromatic carbocycles. The van der Waals surface area contributed by atoms with E-state index < -0.39 is 0 Å². The van der Waals surface area contributed by atoms with Gasteiger partial charge in [0.1, 0.15) is 0 Å². The summed E-state index contributed by atoms with van der Waals surface area (Å²) in [6.45, 7) is 3.01. The Hall–Kier alpha value is -2.15. The molecule has 0 saturated carbocycles. The van der Waals surface area contributed by atoms with Crippen molar-refractivity contribution in [3.05, 3.63) is 35.2 Å². The third kappa shape index (κ3) is 3.19. The van der Waals surface area contributed by atoms with Crippen molar-refractivity contribution in [3.8, 4) is 0 Å². The topological polar surface area (TPSA) is 75.4 Å². The first kappa shape index (κ1) is 14.8. The highest BCUT2D eigenvalue weighted by Gasteiger charge is 2.30. The van der Waals surface area contributed by atoms with E-state index in [9.17, 15) is 9.59 Å². The molecular formula is C15H17N3O3S. The molecule has 1 aliphatic rings. The van der Waals surface area contributed by atoms with Gasteiger partial charge < -0.3 is 14.6 Å². The quantitative estimate of drug-likeness (QED) is 0.943. The Morgan fingerprint density at radius 2 is 2.36 bits per heavy atom. The molecule has 3 heterocycles. The van der Waals surface area contributed by atoms with Gasteiger partial charge in [0.25, 0.3) is 5.91 Å². The number of hydrogen-bond acceptors (Lipinski definition) is 5. The van der Waals surface area contributed by atoms with Crippen LogP contribution in [-0.4, -0.2) is 34.8 Å². The van der Waals surface area contributed by atoms with E-state index in [1.165, 1.54) is 17.6 Å². The summed E-state index contributed by atoms with van der Waals surface area (Å²) in [5.41, 5.74) is 0. The van der Waals surface area contributed by atoms with Crippen LogP contribution in [0.3, 0.4) is 0 Å². The fourth-order valence-corrected chi connectivity index (χ4v) is 3.22. The van der Waals surface area contributed by atoms with Crippen LogP contribution in [0.4, 0.5) is 5.13 Å². The standard InChI is InChI=1S/C15H17N3O3S/c1-10-8-16-15(22-10)17-13(19)11-4-2-6-18(9-11)14(20)12-5-3-7-21-12/h3,5,7-8,11H,2,4,6,9H2,1H3,(H,16,17,19). The maximum absolute atomic E-state index is 12.3. The molecule has 1 fully saturated rings. The molecule has 0 bridgehead atoms. The summed E-state index contributed by atoms with van der Waals surface area (Å²) in [6, 6.07) is 3.33. The number of carbonyl (C=O) groups is 2. The first-order chi connectivity index (χ1) is 10.6. The molecule has 1 aliphatic heterocycles. The molecule has 3 rings (SSSR count). The summed E-state index contributed by atoms with van der Waals surface area (Å²) >= 11 is 1.45. The second kappa shape index (κ2) is 6.31. The molecule has 22 heavy (non-hydrogen) atoms. The van der Waals surface area contributed by atoms with E-state index in [0.717, 1.165) is 17.7 Å². The van der Waals surface area contributed by atoms with Crippen molar-refractivity contribution in [2.24, 2.45) is 5.92 Å².